The molecule has 0 radical (unpaired) electrons. The maximum atomic E-state index is 8.74. The van der Waals surface area contributed by atoms with E-state index in [2.05, 4.69) is 57.2 Å². The first kappa shape index (κ1) is 15.4. The summed E-state index contributed by atoms with van der Waals surface area (Å²) in [7, 11) is 2.03. The highest BCUT2D eigenvalue weighted by Crippen LogP contribution is 2.24. The number of oxime groups is 1. The molecule has 0 unspecified atom stereocenters. The second-order valence-corrected chi connectivity index (χ2v) is 5.85. The number of halogens is 1. The van der Waals surface area contributed by atoms with E-state index in [-0.39, 0.29) is 5.84 Å². The van der Waals surface area contributed by atoms with Gasteiger partial charge < -0.3 is 15.8 Å². The highest BCUT2D eigenvalue weighted by Gasteiger charge is 2.08. The SMILES string of the molecule is Cc1ccc(CN(C)c2ccc(/C(N)=N/O)c(Br)c2)cc1. The maximum Gasteiger partial charge on any atom is 0.171 e. The Morgan fingerprint density at radius 1 is 1.24 bits per heavy atom. The second kappa shape index (κ2) is 6.63. The summed E-state index contributed by atoms with van der Waals surface area (Å²) in [6.07, 6.45) is 0. The van der Waals surface area contributed by atoms with Crippen LogP contribution in [-0.2, 0) is 6.54 Å². The maximum absolute atomic E-state index is 8.74. The molecule has 0 saturated carbocycles. The van der Waals surface area contributed by atoms with Gasteiger partial charge in [0.1, 0.15) is 0 Å². The van der Waals surface area contributed by atoms with Crippen LogP contribution in [0.1, 0.15) is 16.7 Å². The summed E-state index contributed by atoms with van der Waals surface area (Å²) in [5, 5.41) is 11.8. The smallest absolute Gasteiger partial charge is 0.171 e. The largest absolute Gasteiger partial charge is 0.409 e. The molecule has 0 spiro atoms. The molecule has 0 heterocycles. The van der Waals surface area contributed by atoms with E-state index in [1.165, 1.54) is 11.1 Å². The van der Waals surface area contributed by atoms with Crippen LogP contribution in [0.3, 0.4) is 0 Å². The molecule has 0 aromatic heterocycles. The van der Waals surface area contributed by atoms with Crippen molar-refractivity contribution in [2.45, 2.75) is 13.5 Å². The van der Waals surface area contributed by atoms with Gasteiger partial charge in [0.2, 0.25) is 0 Å². The Morgan fingerprint density at radius 2 is 1.90 bits per heavy atom. The van der Waals surface area contributed by atoms with Gasteiger partial charge in [0.25, 0.3) is 0 Å². The molecule has 3 N–H and O–H groups in total. The minimum absolute atomic E-state index is 0.0922. The number of amidine groups is 1. The van der Waals surface area contributed by atoms with E-state index in [0.29, 0.717) is 5.56 Å². The zero-order chi connectivity index (χ0) is 15.4. The molecule has 4 nitrogen and oxygen atoms in total. The summed E-state index contributed by atoms with van der Waals surface area (Å²) in [5.74, 6) is 0.0922. The topological polar surface area (TPSA) is 61.8 Å². The molecule has 110 valence electrons. The van der Waals surface area contributed by atoms with Gasteiger partial charge in [-0.05, 0) is 46.6 Å². The number of anilines is 1. The Morgan fingerprint density at radius 3 is 2.48 bits per heavy atom. The van der Waals surface area contributed by atoms with Gasteiger partial charge in [0, 0.05) is 29.3 Å². The third-order valence-electron chi connectivity index (χ3n) is 3.32. The Labute approximate surface area is 133 Å². The lowest BCUT2D eigenvalue weighted by Crippen LogP contribution is -2.18. The van der Waals surface area contributed by atoms with Crippen LogP contribution in [0.25, 0.3) is 0 Å². The third kappa shape index (κ3) is 3.76. The van der Waals surface area contributed by atoms with Crippen molar-refractivity contribution >= 4 is 27.5 Å². The lowest BCUT2D eigenvalue weighted by atomic mass is 10.1. The van der Waals surface area contributed by atoms with Crippen molar-refractivity contribution in [2.75, 3.05) is 11.9 Å². The molecule has 2 aromatic carbocycles. The number of hydrogen-bond donors (Lipinski definition) is 2. The molecule has 0 amide bonds. The first-order chi connectivity index (χ1) is 10.0. The first-order valence-corrected chi connectivity index (χ1v) is 7.34. The van der Waals surface area contributed by atoms with Crippen LogP contribution in [0.2, 0.25) is 0 Å². The van der Waals surface area contributed by atoms with E-state index in [9.17, 15) is 0 Å². The summed E-state index contributed by atoms with van der Waals surface area (Å²) >= 11 is 3.45. The van der Waals surface area contributed by atoms with Crippen molar-refractivity contribution < 1.29 is 5.21 Å². The number of aryl methyl sites for hydroxylation is 1. The summed E-state index contributed by atoms with van der Waals surface area (Å²) in [5.41, 5.74) is 9.85. The van der Waals surface area contributed by atoms with Crippen molar-refractivity contribution in [3.05, 3.63) is 63.6 Å². The molecule has 5 heteroatoms. The Bertz CT molecular complexity index is 653. The predicted molar refractivity (Wildman–Crippen MR) is 89.9 cm³/mol. The number of nitrogens with two attached hydrogens (primary N) is 1. The van der Waals surface area contributed by atoms with E-state index < -0.39 is 0 Å². The van der Waals surface area contributed by atoms with Crippen LogP contribution in [0.5, 0.6) is 0 Å². The van der Waals surface area contributed by atoms with Crippen LogP contribution < -0.4 is 10.6 Å². The summed E-state index contributed by atoms with van der Waals surface area (Å²) in [4.78, 5) is 2.14. The molecule has 0 saturated heterocycles. The van der Waals surface area contributed by atoms with Crippen molar-refractivity contribution in [1.82, 2.24) is 0 Å². The number of nitrogens with zero attached hydrogens (tertiary/aromatic N) is 2. The quantitative estimate of drug-likeness (QED) is 0.385. The fourth-order valence-electron chi connectivity index (χ4n) is 2.06. The molecule has 0 atom stereocenters. The average Bonchev–Trinajstić information content (AvgIpc) is 2.48. The molecule has 21 heavy (non-hydrogen) atoms. The third-order valence-corrected chi connectivity index (χ3v) is 3.97. The molecule has 2 aromatic rings. The van der Waals surface area contributed by atoms with E-state index in [4.69, 9.17) is 10.9 Å². The van der Waals surface area contributed by atoms with Crippen LogP contribution in [-0.4, -0.2) is 18.1 Å². The molecule has 0 aliphatic rings. The highest BCUT2D eigenvalue weighted by atomic mass is 79.9. The van der Waals surface area contributed by atoms with Crippen LogP contribution in [0, 0.1) is 6.92 Å². The normalized spacial score (nSPS) is 11.5. The van der Waals surface area contributed by atoms with Gasteiger partial charge in [-0.3, -0.25) is 0 Å². The van der Waals surface area contributed by atoms with E-state index in [1.54, 1.807) is 0 Å². The molecular weight excluding hydrogens is 330 g/mol. The van der Waals surface area contributed by atoms with E-state index >= 15 is 0 Å². The highest BCUT2D eigenvalue weighted by molar-refractivity contribution is 9.10. The molecule has 0 aliphatic heterocycles. The summed E-state index contributed by atoms with van der Waals surface area (Å²) in [6.45, 7) is 2.89. The van der Waals surface area contributed by atoms with E-state index in [0.717, 1.165) is 16.7 Å². The fourth-order valence-corrected chi connectivity index (χ4v) is 2.63. The van der Waals surface area contributed by atoms with Crippen molar-refractivity contribution in [2.24, 2.45) is 10.9 Å². The first-order valence-electron chi connectivity index (χ1n) is 6.55. The van der Waals surface area contributed by atoms with Gasteiger partial charge in [-0.2, -0.15) is 0 Å². The summed E-state index contributed by atoms with van der Waals surface area (Å²) in [6, 6.07) is 14.2. The zero-order valence-electron chi connectivity index (χ0n) is 12.0. The minimum Gasteiger partial charge on any atom is -0.409 e. The fraction of sp³-hybridized carbons (Fsp3) is 0.188. The standard InChI is InChI=1S/C16H18BrN3O/c1-11-3-5-12(6-4-11)10-20(2)13-7-8-14(15(17)9-13)16(18)19-21/h3-9,21H,10H2,1-2H3,(H2,18,19). The van der Waals surface area contributed by atoms with Gasteiger partial charge in [0.15, 0.2) is 5.84 Å². The van der Waals surface area contributed by atoms with Crippen LogP contribution in [0.4, 0.5) is 5.69 Å². The molecular formula is C16H18BrN3O. The van der Waals surface area contributed by atoms with E-state index in [1.807, 2.05) is 25.2 Å². The van der Waals surface area contributed by atoms with Crippen molar-refractivity contribution in [3.8, 4) is 0 Å². The Kier molecular flexibility index (Phi) is 4.85. The van der Waals surface area contributed by atoms with Crippen molar-refractivity contribution in [1.29, 1.82) is 0 Å². The number of benzene rings is 2. The number of hydrogen-bond acceptors (Lipinski definition) is 3. The lowest BCUT2D eigenvalue weighted by Gasteiger charge is -2.20. The zero-order valence-corrected chi connectivity index (χ0v) is 13.6. The van der Waals surface area contributed by atoms with Crippen LogP contribution in [0.15, 0.2) is 52.1 Å². The molecule has 0 fully saturated rings. The average molecular weight is 348 g/mol. The second-order valence-electron chi connectivity index (χ2n) is 4.99. The van der Waals surface area contributed by atoms with Gasteiger partial charge in [-0.25, -0.2) is 0 Å². The molecule has 0 aliphatic carbocycles. The predicted octanol–water partition coefficient (Wildman–Crippen LogP) is 3.49. The Hall–Kier alpha value is -2.01. The molecule has 0 bridgehead atoms. The van der Waals surface area contributed by atoms with Gasteiger partial charge >= 0.3 is 0 Å². The van der Waals surface area contributed by atoms with Gasteiger partial charge in [-0.15, -0.1) is 0 Å². The minimum atomic E-state index is 0.0922. The van der Waals surface area contributed by atoms with Gasteiger partial charge in [-0.1, -0.05) is 35.0 Å². The Balaban J connectivity index is 2.18. The summed E-state index contributed by atoms with van der Waals surface area (Å²) < 4.78 is 0.797. The number of rotatable bonds is 4. The molecule has 2 rings (SSSR count). The monoisotopic (exact) mass is 347 g/mol. The lowest BCUT2D eigenvalue weighted by molar-refractivity contribution is 0.318. The van der Waals surface area contributed by atoms with Gasteiger partial charge in [0.05, 0.1) is 0 Å². The van der Waals surface area contributed by atoms with Crippen molar-refractivity contribution in [3.63, 3.8) is 0 Å². The van der Waals surface area contributed by atoms with Crippen LogP contribution >= 0.6 is 15.9 Å².